The van der Waals surface area contributed by atoms with E-state index in [0.717, 1.165) is 28.2 Å². The smallest absolute Gasteiger partial charge is 0.104 e. The van der Waals surface area contributed by atoms with Crippen molar-refractivity contribution in [1.82, 2.24) is 26.1 Å². The Balaban J connectivity index is 0.000000249. The van der Waals surface area contributed by atoms with Gasteiger partial charge in [-0.3, -0.25) is 0 Å². The molecule has 5 N–H and O–H groups in total. The number of nitrogens with zero attached hydrogens (tertiary/aromatic N) is 2. The fourth-order valence-corrected chi connectivity index (χ4v) is 3.53. The van der Waals surface area contributed by atoms with E-state index in [4.69, 9.17) is 0 Å². The summed E-state index contributed by atoms with van der Waals surface area (Å²) in [5.41, 5.74) is 9.91. The summed E-state index contributed by atoms with van der Waals surface area (Å²) in [6.45, 7) is 12.6. The molecule has 0 aliphatic rings. The third-order valence-electron chi connectivity index (χ3n) is 4.49. The minimum Gasteiger partial charge on any atom is -0.344 e. The van der Waals surface area contributed by atoms with Gasteiger partial charge in [-0.05, 0) is 63.8 Å². The molecule has 4 aromatic rings. The van der Waals surface area contributed by atoms with E-state index >= 15 is 0 Å². The Morgan fingerprint density at radius 3 is 2.00 bits per heavy atom. The zero-order valence-electron chi connectivity index (χ0n) is 15.2. The lowest BCUT2D eigenvalue weighted by Crippen LogP contribution is -1.92. The minimum absolute atomic E-state index is 0. The second kappa shape index (κ2) is 7.80. The molecule has 3 aromatic heterocycles. The van der Waals surface area contributed by atoms with Crippen LogP contribution in [0.3, 0.4) is 0 Å². The number of aromatic amines is 2. The number of hydrogen-bond acceptors (Lipinski definition) is 4. The standard InChI is InChI=1S/C12H16N2.C6H6N2S.CH4.H3N/c1-6-7(2)9(4)12-11(8(6)3)13-10(5)14-12;1-4-7-5-2-9-3-6(5)8-4;;/h1-5H3,(H,13,14);2-3H,1H3,(H,7,8);1H4;1H3. The first-order valence-electron chi connectivity index (χ1n) is 7.69. The maximum Gasteiger partial charge on any atom is 0.104 e. The number of fused-ring (bicyclic) bond motifs is 2. The van der Waals surface area contributed by atoms with Gasteiger partial charge in [-0.25, -0.2) is 9.97 Å². The summed E-state index contributed by atoms with van der Waals surface area (Å²) in [5.74, 6) is 1.99. The molecule has 25 heavy (non-hydrogen) atoms. The largest absolute Gasteiger partial charge is 0.344 e. The Labute approximate surface area is 153 Å². The summed E-state index contributed by atoms with van der Waals surface area (Å²) in [7, 11) is 0. The first kappa shape index (κ1) is 20.9. The fourth-order valence-electron chi connectivity index (χ4n) is 2.84. The quantitative estimate of drug-likeness (QED) is 0.368. The van der Waals surface area contributed by atoms with E-state index < -0.39 is 0 Å². The number of benzene rings is 1. The van der Waals surface area contributed by atoms with Crippen LogP contribution in [-0.2, 0) is 0 Å². The van der Waals surface area contributed by atoms with E-state index in [1.54, 1.807) is 11.3 Å². The summed E-state index contributed by atoms with van der Waals surface area (Å²) >= 11 is 1.67. The van der Waals surface area contributed by atoms with Gasteiger partial charge in [0.25, 0.3) is 0 Å². The predicted octanol–water partition coefficient (Wildman–Crippen LogP) is 5.84. The SMILES string of the molecule is C.Cc1nc2c(C)c(C)c(C)c(C)c2[nH]1.Cc1nc2cscc2[nH]1.N. The highest BCUT2D eigenvalue weighted by molar-refractivity contribution is 7.09. The molecule has 0 spiro atoms. The lowest BCUT2D eigenvalue weighted by Gasteiger charge is -2.09. The van der Waals surface area contributed by atoms with Crippen LogP contribution in [0.5, 0.6) is 0 Å². The number of thiophene rings is 1. The second-order valence-corrected chi connectivity index (χ2v) is 6.78. The number of aromatic nitrogens is 4. The third kappa shape index (κ3) is 3.75. The van der Waals surface area contributed by atoms with E-state index in [9.17, 15) is 0 Å². The average Bonchev–Trinajstić information content (AvgIpc) is 3.17. The van der Waals surface area contributed by atoms with Gasteiger partial charge >= 0.3 is 0 Å². The molecular formula is C19H29N5S. The van der Waals surface area contributed by atoms with Crippen molar-refractivity contribution in [1.29, 1.82) is 0 Å². The summed E-state index contributed by atoms with van der Waals surface area (Å²) in [4.78, 5) is 15.2. The van der Waals surface area contributed by atoms with Crippen molar-refractivity contribution in [3.05, 3.63) is 44.7 Å². The van der Waals surface area contributed by atoms with Gasteiger partial charge in [-0.15, -0.1) is 11.3 Å². The average molecular weight is 360 g/mol. The second-order valence-electron chi connectivity index (χ2n) is 6.04. The molecule has 0 amide bonds. The predicted molar refractivity (Wildman–Crippen MR) is 110 cm³/mol. The van der Waals surface area contributed by atoms with E-state index in [1.165, 1.54) is 27.8 Å². The lowest BCUT2D eigenvalue weighted by atomic mass is 9.98. The van der Waals surface area contributed by atoms with Crippen LogP contribution in [0.2, 0.25) is 0 Å². The molecular weight excluding hydrogens is 330 g/mol. The van der Waals surface area contributed by atoms with Crippen LogP contribution in [-0.4, -0.2) is 19.9 Å². The molecule has 0 radical (unpaired) electrons. The van der Waals surface area contributed by atoms with Gasteiger partial charge in [-0.2, -0.15) is 0 Å². The molecule has 5 nitrogen and oxygen atoms in total. The van der Waals surface area contributed by atoms with Crippen LogP contribution in [0.4, 0.5) is 0 Å². The topological polar surface area (TPSA) is 92.4 Å². The Hall–Kier alpha value is -2.18. The highest BCUT2D eigenvalue weighted by atomic mass is 32.1. The zero-order chi connectivity index (χ0) is 16.7. The third-order valence-corrected chi connectivity index (χ3v) is 5.22. The Morgan fingerprint density at radius 2 is 1.36 bits per heavy atom. The molecule has 0 saturated carbocycles. The summed E-state index contributed by atoms with van der Waals surface area (Å²) < 4.78 is 0. The van der Waals surface area contributed by atoms with Crippen LogP contribution in [0.1, 0.15) is 41.3 Å². The van der Waals surface area contributed by atoms with E-state index in [1.807, 2.05) is 19.2 Å². The van der Waals surface area contributed by atoms with Crippen molar-refractivity contribution in [2.45, 2.75) is 49.0 Å². The van der Waals surface area contributed by atoms with Gasteiger partial charge in [0, 0.05) is 10.8 Å². The van der Waals surface area contributed by atoms with Gasteiger partial charge in [0.1, 0.15) is 11.6 Å². The van der Waals surface area contributed by atoms with Gasteiger partial charge in [0.2, 0.25) is 0 Å². The molecule has 1 aromatic carbocycles. The van der Waals surface area contributed by atoms with E-state index in [2.05, 4.69) is 53.0 Å². The molecule has 136 valence electrons. The van der Waals surface area contributed by atoms with Crippen molar-refractivity contribution in [3.8, 4) is 0 Å². The van der Waals surface area contributed by atoms with Gasteiger partial charge < -0.3 is 16.1 Å². The number of hydrogen-bond donors (Lipinski definition) is 3. The molecule has 0 aliphatic heterocycles. The maximum atomic E-state index is 4.52. The highest BCUT2D eigenvalue weighted by Gasteiger charge is 2.11. The zero-order valence-corrected chi connectivity index (χ0v) is 16.0. The number of H-pyrrole nitrogens is 2. The van der Waals surface area contributed by atoms with Crippen LogP contribution < -0.4 is 6.15 Å². The molecule has 0 bridgehead atoms. The molecule has 0 unspecified atom stereocenters. The Kier molecular flexibility index (Phi) is 6.51. The monoisotopic (exact) mass is 359 g/mol. The lowest BCUT2D eigenvalue weighted by molar-refractivity contribution is 1.17. The van der Waals surface area contributed by atoms with Crippen LogP contribution in [0, 0.1) is 41.5 Å². The first-order valence-corrected chi connectivity index (χ1v) is 8.64. The summed E-state index contributed by atoms with van der Waals surface area (Å²) in [6.07, 6.45) is 0. The number of nitrogens with one attached hydrogen (secondary N) is 2. The van der Waals surface area contributed by atoms with Crippen molar-refractivity contribution < 1.29 is 0 Å². The molecule has 0 saturated heterocycles. The van der Waals surface area contributed by atoms with Gasteiger partial charge in [0.15, 0.2) is 0 Å². The van der Waals surface area contributed by atoms with Crippen LogP contribution in [0.15, 0.2) is 10.8 Å². The minimum atomic E-state index is 0. The summed E-state index contributed by atoms with van der Waals surface area (Å²) in [5, 5.41) is 4.11. The van der Waals surface area contributed by atoms with Crippen molar-refractivity contribution in [2.75, 3.05) is 0 Å². The molecule has 6 heteroatoms. The van der Waals surface area contributed by atoms with Crippen molar-refractivity contribution in [2.24, 2.45) is 0 Å². The van der Waals surface area contributed by atoms with Gasteiger partial charge in [-0.1, -0.05) is 7.43 Å². The molecule has 0 fully saturated rings. The molecule has 0 aliphatic carbocycles. The normalized spacial score (nSPS) is 10.2. The van der Waals surface area contributed by atoms with E-state index in [0.29, 0.717) is 0 Å². The molecule has 3 heterocycles. The highest BCUT2D eigenvalue weighted by Crippen LogP contribution is 2.26. The number of imidazole rings is 2. The van der Waals surface area contributed by atoms with Crippen molar-refractivity contribution in [3.63, 3.8) is 0 Å². The number of aryl methyl sites for hydroxylation is 4. The molecule has 4 rings (SSSR count). The van der Waals surface area contributed by atoms with Crippen LogP contribution in [0.25, 0.3) is 22.1 Å². The maximum absolute atomic E-state index is 4.52. The van der Waals surface area contributed by atoms with Crippen molar-refractivity contribution >= 4 is 33.4 Å². The summed E-state index contributed by atoms with van der Waals surface area (Å²) in [6, 6.07) is 0. The van der Waals surface area contributed by atoms with E-state index in [-0.39, 0.29) is 13.6 Å². The van der Waals surface area contributed by atoms with Gasteiger partial charge in [0.05, 0.1) is 22.1 Å². The fraction of sp³-hybridized carbons (Fsp3) is 0.368. The number of rotatable bonds is 0. The Morgan fingerprint density at radius 1 is 0.760 bits per heavy atom. The van der Waals surface area contributed by atoms with Crippen LogP contribution >= 0.6 is 11.3 Å². The first-order chi connectivity index (χ1) is 10.9. The Bertz CT molecular complexity index is 917. The molecule has 0 atom stereocenters.